The Morgan fingerprint density at radius 2 is 2.16 bits per heavy atom. The number of aryl methyl sites for hydroxylation is 2. The largest absolute Gasteiger partial charge is 0.355 e. The monoisotopic (exact) mass is 259 g/mol. The van der Waals surface area contributed by atoms with E-state index in [0.29, 0.717) is 13.0 Å². The van der Waals surface area contributed by atoms with Crippen LogP contribution in [0.4, 0.5) is 0 Å². The lowest BCUT2D eigenvalue weighted by atomic mass is 10.1. The van der Waals surface area contributed by atoms with Crippen LogP contribution in [-0.4, -0.2) is 23.1 Å². The molecule has 0 aliphatic heterocycles. The first-order valence-electron chi connectivity index (χ1n) is 6.63. The van der Waals surface area contributed by atoms with E-state index in [9.17, 15) is 4.79 Å². The van der Waals surface area contributed by atoms with E-state index >= 15 is 0 Å². The van der Waals surface area contributed by atoms with Crippen molar-refractivity contribution >= 4 is 16.8 Å². The van der Waals surface area contributed by atoms with Gasteiger partial charge in [-0.2, -0.15) is 0 Å². The van der Waals surface area contributed by atoms with Crippen molar-refractivity contribution in [1.29, 1.82) is 0 Å². The molecule has 1 atom stereocenters. The number of carbonyl (C=O) groups is 1. The van der Waals surface area contributed by atoms with Crippen LogP contribution in [-0.2, 0) is 18.3 Å². The lowest BCUT2D eigenvalue weighted by Crippen LogP contribution is -2.35. The highest BCUT2D eigenvalue weighted by atomic mass is 16.1. The number of fused-ring (bicyclic) bond motifs is 1. The van der Waals surface area contributed by atoms with Crippen molar-refractivity contribution in [3.63, 3.8) is 0 Å². The number of nitrogens with zero attached hydrogens (tertiary/aromatic N) is 1. The molecule has 2 rings (SSSR count). The molecule has 4 nitrogen and oxygen atoms in total. The molecular formula is C15H21N3O. The number of para-hydroxylation sites is 1. The van der Waals surface area contributed by atoms with E-state index < -0.39 is 0 Å². The number of carbonyl (C=O) groups excluding carboxylic acids is 1. The zero-order chi connectivity index (χ0) is 13.8. The van der Waals surface area contributed by atoms with Crippen molar-refractivity contribution in [2.45, 2.75) is 25.8 Å². The summed E-state index contributed by atoms with van der Waals surface area (Å²) in [5.41, 5.74) is 8.03. The minimum Gasteiger partial charge on any atom is -0.355 e. The second-order valence-corrected chi connectivity index (χ2v) is 5.06. The second-order valence-electron chi connectivity index (χ2n) is 5.06. The molecule has 0 saturated carbocycles. The zero-order valence-electron chi connectivity index (χ0n) is 11.5. The predicted molar refractivity (Wildman–Crippen MR) is 77.9 cm³/mol. The molecule has 1 aromatic carbocycles. The van der Waals surface area contributed by atoms with Gasteiger partial charge in [0.2, 0.25) is 5.91 Å². The molecule has 19 heavy (non-hydrogen) atoms. The molecule has 1 aromatic heterocycles. The number of hydrogen-bond acceptors (Lipinski definition) is 2. The summed E-state index contributed by atoms with van der Waals surface area (Å²) in [4.78, 5) is 11.7. The van der Waals surface area contributed by atoms with Crippen molar-refractivity contribution < 1.29 is 4.79 Å². The fourth-order valence-corrected chi connectivity index (χ4v) is 2.24. The number of nitrogens with one attached hydrogen (secondary N) is 1. The Balaban J connectivity index is 2.00. The van der Waals surface area contributed by atoms with Crippen LogP contribution in [0, 0.1) is 0 Å². The summed E-state index contributed by atoms with van der Waals surface area (Å²) in [6, 6.07) is 8.25. The highest BCUT2D eigenvalue weighted by Gasteiger charge is 2.08. The van der Waals surface area contributed by atoms with Crippen molar-refractivity contribution in [3.8, 4) is 0 Å². The molecule has 102 valence electrons. The Bertz CT molecular complexity index is 572. The molecule has 0 spiro atoms. The second kappa shape index (κ2) is 5.89. The Labute approximate surface area is 113 Å². The van der Waals surface area contributed by atoms with Gasteiger partial charge in [0.25, 0.3) is 0 Å². The normalized spacial score (nSPS) is 12.6. The lowest BCUT2D eigenvalue weighted by Gasteiger charge is -2.07. The van der Waals surface area contributed by atoms with E-state index in [1.165, 1.54) is 16.5 Å². The first-order valence-corrected chi connectivity index (χ1v) is 6.63. The summed E-state index contributed by atoms with van der Waals surface area (Å²) < 4.78 is 2.10. The molecule has 0 saturated heterocycles. The Kier molecular flexibility index (Phi) is 4.22. The van der Waals surface area contributed by atoms with Crippen molar-refractivity contribution in [3.05, 3.63) is 36.0 Å². The van der Waals surface area contributed by atoms with Crippen LogP contribution in [0.25, 0.3) is 10.9 Å². The third-order valence-corrected chi connectivity index (χ3v) is 3.22. The van der Waals surface area contributed by atoms with Gasteiger partial charge in [0.05, 0.1) is 0 Å². The van der Waals surface area contributed by atoms with Gasteiger partial charge in [-0.1, -0.05) is 18.2 Å². The predicted octanol–water partition coefficient (Wildman–Crippen LogP) is 1.57. The van der Waals surface area contributed by atoms with Crippen molar-refractivity contribution in [2.24, 2.45) is 12.8 Å². The van der Waals surface area contributed by atoms with Crippen LogP contribution >= 0.6 is 0 Å². The fourth-order valence-electron chi connectivity index (χ4n) is 2.24. The van der Waals surface area contributed by atoms with Crippen LogP contribution in [0.1, 0.15) is 18.9 Å². The van der Waals surface area contributed by atoms with E-state index in [4.69, 9.17) is 5.73 Å². The van der Waals surface area contributed by atoms with Gasteiger partial charge in [-0.15, -0.1) is 0 Å². The Morgan fingerprint density at radius 3 is 2.89 bits per heavy atom. The average molecular weight is 259 g/mol. The van der Waals surface area contributed by atoms with Gasteiger partial charge in [0.1, 0.15) is 0 Å². The van der Waals surface area contributed by atoms with E-state index in [0.717, 1.165) is 6.42 Å². The molecular weight excluding hydrogens is 238 g/mol. The minimum absolute atomic E-state index is 0.00139. The van der Waals surface area contributed by atoms with Gasteiger partial charge >= 0.3 is 0 Å². The Hall–Kier alpha value is -1.81. The first kappa shape index (κ1) is 13.6. The minimum atomic E-state index is 0.00139. The van der Waals surface area contributed by atoms with Crippen LogP contribution in [0.15, 0.2) is 30.5 Å². The molecule has 0 fully saturated rings. The highest BCUT2D eigenvalue weighted by Crippen LogP contribution is 2.21. The summed E-state index contributed by atoms with van der Waals surface area (Å²) in [5, 5.41) is 4.06. The summed E-state index contributed by atoms with van der Waals surface area (Å²) >= 11 is 0. The summed E-state index contributed by atoms with van der Waals surface area (Å²) in [6.45, 7) is 2.42. The van der Waals surface area contributed by atoms with Crippen molar-refractivity contribution in [2.75, 3.05) is 6.54 Å². The third kappa shape index (κ3) is 3.35. The van der Waals surface area contributed by atoms with E-state index in [1.54, 1.807) is 0 Å². The SMILES string of the molecule is CC(N)CNC(=O)CCc1cn(C)c2ccccc12. The van der Waals surface area contributed by atoms with Crippen LogP contribution in [0.5, 0.6) is 0 Å². The van der Waals surface area contributed by atoms with Gasteiger partial charge in [-0.25, -0.2) is 0 Å². The quantitative estimate of drug-likeness (QED) is 0.856. The van der Waals surface area contributed by atoms with Gasteiger partial charge in [0, 0.05) is 43.2 Å². The van der Waals surface area contributed by atoms with Crippen LogP contribution in [0.2, 0.25) is 0 Å². The number of hydrogen-bond donors (Lipinski definition) is 2. The van der Waals surface area contributed by atoms with E-state index in [2.05, 4.69) is 28.2 Å². The number of benzene rings is 1. The van der Waals surface area contributed by atoms with Crippen LogP contribution < -0.4 is 11.1 Å². The topological polar surface area (TPSA) is 60.0 Å². The van der Waals surface area contributed by atoms with E-state index in [1.807, 2.05) is 26.1 Å². The molecule has 0 bridgehead atoms. The maximum absolute atomic E-state index is 11.7. The first-order chi connectivity index (χ1) is 9.08. The molecule has 0 aliphatic carbocycles. The van der Waals surface area contributed by atoms with Crippen molar-refractivity contribution in [1.82, 2.24) is 9.88 Å². The third-order valence-electron chi connectivity index (χ3n) is 3.22. The Morgan fingerprint density at radius 1 is 1.42 bits per heavy atom. The molecule has 1 heterocycles. The number of nitrogens with two attached hydrogens (primary N) is 1. The summed E-state index contributed by atoms with van der Waals surface area (Å²) in [6.07, 6.45) is 3.36. The van der Waals surface area contributed by atoms with E-state index in [-0.39, 0.29) is 11.9 Å². The van der Waals surface area contributed by atoms with Gasteiger partial charge in [-0.3, -0.25) is 4.79 Å². The molecule has 2 aromatic rings. The molecule has 0 radical (unpaired) electrons. The summed E-state index contributed by atoms with van der Waals surface area (Å²) in [5.74, 6) is 0.0604. The van der Waals surface area contributed by atoms with Gasteiger partial charge < -0.3 is 15.6 Å². The highest BCUT2D eigenvalue weighted by molar-refractivity contribution is 5.84. The standard InChI is InChI=1S/C15H21N3O/c1-11(16)9-17-15(19)8-7-12-10-18(2)14-6-4-3-5-13(12)14/h3-6,10-11H,7-9,16H2,1-2H3,(H,17,19). The molecule has 4 heteroatoms. The molecule has 3 N–H and O–H groups in total. The molecule has 1 amide bonds. The lowest BCUT2D eigenvalue weighted by molar-refractivity contribution is -0.121. The average Bonchev–Trinajstić information content (AvgIpc) is 2.71. The maximum Gasteiger partial charge on any atom is 0.220 e. The number of rotatable bonds is 5. The summed E-state index contributed by atoms with van der Waals surface area (Å²) in [7, 11) is 2.03. The molecule has 1 unspecified atom stereocenters. The zero-order valence-corrected chi connectivity index (χ0v) is 11.5. The number of aromatic nitrogens is 1. The molecule has 0 aliphatic rings. The fraction of sp³-hybridized carbons (Fsp3) is 0.400. The van der Waals surface area contributed by atoms with Gasteiger partial charge in [0.15, 0.2) is 0 Å². The maximum atomic E-state index is 11.7. The number of amides is 1. The smallest absolute Gasteiger partial charge is 0.220 e. The van der Waals surface area contributed by atoms with Crippen LogP contribution in [0.3, 0.4) is 0 Å². The van der Waals surface area contributed by atoms with Gasteiger partial charge in [-0.05, 0) is 25.0 Å².